The highest BCUT2D eigenvalue weighted by molar-refractivity contribution is 7.21. The maximum atomic E-state index is 12.8. The summed E-state index contributed by atoms with van der Waals surface area (Å²) in [5.74, 6) is -0.266. The Morgan fingerprint density at radius 3 is 2.69 bits per heavy atom. The Morgan fingerprint density at radius 1 is 1.27 bits per heavy atom. The molecule has 1 heterocycles. The number of ether oxygens (including phenoxy) is 1. The summed E-state index contributed by atoms with van der Waals surface area (Å²) in [5.41, 5.74) is 0. The van der Waals surface area contributed by atoms with E-state index in [1.807, 2.05) is 24.3 Å². The first-order chi connectivity index (χ1) is 12.6. The lowest BCUT2D eigenvalue weighted by Crippen LogP contribution is -2.31. The molecule has 1 atom stereocenters. The van der Waals surface area contributed by atoms with Crippen molar-refractivity contribution in [2.45, 2.75) is 51.6 Å². The van der Waals surface area contributed by atoms with Gasteiger partial charge in [-0.15, -0.1) is 11.3 Å². The van der Waals surface area contributed by atoms with Crippen LogP contribution < -0.4 is 10.1 Å². The largest absolute Gasteiger partial charge is 0.479 e. The summed E-state index contributed by atoms with van der Waals surface area (Å²) in [6.07, 6.45) is 5.44. The van der Waals surface area contributed by atoms with Crippen LogP contribution in [0.3, 0.4) is 0 Å². The van der Waals surface area contributed by atoms with Gasteiger partial charge in [-0.25, -0.2) is 4.79 Å². The van der Waals surface area contributed by atoms with Crippen molar-refractivity contribution in [3.05, 3.63) is 29.1 Å². The molecule has 0 saturated heterocycles. The van der Waals surface area contributed by atoms with Crippen LogP contribution in [0.1, 0.15) is 55.1 Å². The lowest BCUT2D eigenvalue weighted by Gasteiger charge is -2.21. The van der Waals surface area contributed by atoms with Crippen molar-refractivity contribution < 1.29 is 19.4 Å². The lowest BCUT2D eigenvalue weighted by atomic mass is 9.89. The van der Waals surface area contributed by atoms with Gasteiger partial charge in [0.25, 0.3) is 5.91 Å². The molecule has 0 spiro atoms. The SMILES string of the molecule is CCC(Oc1c(C(=O)NCC2CCCCC2)sc2ccccc12)C(=O)O. The van der Waals surface area contributed by atoms with Gasteiger partial charge in [0.05, 0.1) is 0 Å². The maximum absolute atomic E-state index is 12.8. The van der Waals surface area contributed by atoms with Gasteiger partial charge in [-0.3, -0.25) is 4.79 Å². The number of fused-ring (bicyclic) bond motifs is 1. The second kappa shape index (κ2) is 8.54. The van der Waals surface area contributed by atoms with Crippen LogP contribution in [0, 0.1) is 5.92 Å². The van der Waals surface area contributed by atoms with Crippen molar-refractivity contribution in [2.75, 3.05) is 6.54 Å². The van der Waals surface area contributed by atoms with Gasteiger partial charge in [0.15, 0.2) is 11.9 Å². The molecule has 26 heavy (non-hydrogen) atoms. The lowest BCUT2D eigenvalue weighted by molar-refractivity contribution is -0.145. The third-order valence-electron chi connectivity index (χ3n) is 4.94. The number of thiophene rings is 1. The van der Waals surface area contributed by atoms with E-state index in [-0.39, 0.29) is 5.91 Å². The predicted octanol–water partition coefficient (Wildman–Crippen LogP) is 4.45. The minimum absolute atomic E-state index is 0.174. The fraction of sp³-hybridized carbons (Fsp3) is 0.500. The van der Waals surface area contributed by atoms with Gasteiger partial charge in [-0.1, -0.05) is 38.3 Å². The Labute approximate surface area is 157 Å². The molecule has 1 aromatic carbocycles. The summed E-state index contributed by atoms with van der Waals surface area (Å²) in [7, 11) is 0. The quantitative estimate of drug-likeness (QED) is 0.749. The van der Waals surface area contributed by atoms with Gasteiger partial charge in [-0.2, -0.15) is 0 Å². The van der Waals surface area contributed by atoms with E-state index in [4.69, 9.17) is 4.74 Å². The number of hydrogen-bond acceptors (Lipinski definition) is 4. The fourth-order valence-corrected chi connectivity index (χ4v) is 4.50. The number of nitrogens with one attached hydrogen (secondary N) is 1. The Hall–Kier alpha value is -2.08. The van der Waals surface area contributed by atoms with Gasteiger partial charge in [0.1, 0.15) is 4.88 Å². The summed E-state index contributed by atoms with van der Waals surface area (Å²) >= 11 is 1.35. The van der Waals surface area contributed by atoms with Gasteiger partial charge >= 0.3 is 5.97 Å². The number of benzene rings is 1. The summed E-state index contributed by atoms with van der Waals surface area (Å²) < 4.78 is 6.69. The molecule has 0 radical (unpaired) electrons. The van der Waals surface area contributed by atoms with Crippen LogP contribution in [-0.4, -0.2) is 29.6 Å². The Morgan fingerprint density at radius 2 is 2.00 bits per heavy atom. The van der Waals surface area contributed by atoms with Gasteiger partial charge in [0, 0.05) is 16.6 Å². The van der Waals surface area contributed by atoms with Gasteiger partial charge < -0.3 is 15.2 Å². The van der Waals surface area contributed by atoms with Crippen molar-refractivity contribution in [1.82, 2.24) is 5.32 Å². The summed E-state index contributed by atoms with van der Waals surface area (Å²) in [5, 5.41) is 13.2. The normalized spacial score (nSPS) is 16.3. The third kappa shape index (κ3) is 4.18. The zero-order valence-electron chi connectivity index (χ0n) is 15.0. The molecule has 1 saturated carbocycles. The number of carbonyl (C=O) groups is 2. The van der Waals surface area contributed by atoms with E-state index >= 15 is 0 Å². The molecule has 1 fully saturated rings. The maximum Gasteiger partial charge on any atom is 0.344 e. The number of carboxylic acid groups (broad SMARTS) is 1. The molecular weight excluding hydrogens is 350 g/mol. The second-order valence-corrected chi connectivity index (χ2v) is 7.88. The highest BCUT2D eigenvalue weighted by Gasteiger charge is 2.25. The fourth-order valence-electron chi connectivity index (χ4n) is 3.45. The van der Waals surface area contributed by atoms with E-state index in [1.54, 1.807) is 6.92 Å². The zero-order valence-corrected chi connectivity index (χ0v) is 15.8. The van der Waals surface area contributed by atoms with Crippen LogP contribution in [0.2, 0.25) is 0 Å². The number of carboxylic acids is 1. The zero-order chi connectivity index (χ0) is 18.5. The molecule has 1 amide bonds. The molecule has 6 heteroatoms. The topological polar surface area (TPSA) is 75.6 Å². The van der Waals surface area contributed by atoms with Crippen molar-refractivity contribution in [2.24, 2.45) is 5.92 Å². The van der Waals surface area contributed by atoms with Crippen LogP contribution in [0.15, 0.2) is 24.3 Å². The molecule has 1 aromatic heterocycles. The van der Waals surface area contributed by atoms with Crippen LogP contribution in [0.4, 0.5) is 0 Å². The monoisotopic (exact) mass is 375 g/mol. The average molecular weight is 375 g/mol. The molecule has 0 bridgehead atoms. The molecule has 2 N–H and O–H groups in total. The molecule has 1 aliphatic rings. The Kier molecular flexibility index (Phi) is 6.14. The molecule has 1 unspecified atom stereocenters. The van der Waals surface area contributed by atoms with E-state index < -0.39 is 12.1 Å². The minimum Gasteiger partial charge on any atom is -0.479 e. The number of amides is 1. The van der Waals surface area contributed by atoms with Gasteiger partial charge in [0.2, 0.25) is 0 Å². The van der Waals surface area contributed by atoms with E-state index in [1.165, 1.54) is 30.6 Å². The summed E-state index contributed by atoms with van der Waals surface area (Å²) in [6, 6.07) is 7.56. The van der Waals surface area contributed by atoms with E-state index in [0.717, 1.165) is 22.9 Å². The number of hydrogen-bond donors (Lipinski definition) is 2. The van der Waals surface area contributed by atoms with Crippen LogP contribution in [0.25, 0.3) is 10.1 Å². The standard InChI is InChI=1S/C20H25NO4S/c1-2-15(20(23)24)25-17-14-10-6-7-11-16(14)26-18(17)19(22)21-12-13-8-4-3-5-9-13/h6-7,10-11,13,15H,2-5,8-9,12H2,1H3,(H,21,22)(H,23,24). The van der Waals surface area contributed by atoms with Crippen LogP contribution in [0.5, 0.6) is 5.75 Å². The molecular formula is C20H25NO4S. The minimum atomic E-state index is -1.02. The second-order valence-electron chi connectivity index (χ2n) is 6.82. The van der Waals surface area contributed by atoms with Crippen LogP contribution >= 0.6 is 11.3 Å². The highest BCUT2D eigenvalue weighted by atomic mass is 32.1. The smallest absolute Gasteiger partial charge is 0.344 e. The number of aliphatic carboxylic acids is 1. The molecule has 3 rings (SSSR count). The number of carbonyl (C=O) groups excluding carboxylic acids is 1. The molecule has 140 valence electrons. The van der Waals surface area contributed by atoms with Crippen molar-refractivity contribution >= 4 is 33.3 Å². The first kappa shape index (κ1) is 18.7. The van der Waals surface area contributed by atoms with Crippen molar-refractivity contribution in [3.8, 4) is 5.75 Å². The Bertz CT molecular complexity index is 779. The summed E-state index contributed by atoms with van der Waals surface area (Å²) in [6.45, 7) is 2.43. The van der Waals surface area contributed by atoms with Crippen molar-refractivity contribution in [3.63, 3.8) is 0 Å². The van der Waals surface area contributed by atoms with Crippen molar-refractivity contribution in [1.29, 1.82) is 0 Å². The Balaban J connectivity index is 1.82. The predicted molar refractivity (Wildman–Crippen MR) is 103 cm³/mol. The highest BCUT2D eigenvalue weighted by Crippen LogP contribution is 2.38. The number of rotatable bonds is 7. The van der Waals surface area contributed by atoms with Crippen LogP contribution in [-0.2, 0) is 4.79 Å². The molecule has 2 aromatic rings. The van der Waals surface area contributed by atoms with E-state index in [2.05, 4.69) is 5.32 Å². The molecule has 5 nitrogen and oxygen atoms in total. The first-order valence-electron chi connectivity index (χ1n) is 9.29. The average Bonchev–Trinajstić information content (AvgIpc) is 3.03. The molecule has 0 aliphatic heterocycles. The van der Waals surface area contributed by atoms with E-state index in [9.17, 15) is 14.7 Å². The third-order valence-corrected chi connectivity index (χ3v) is 6.09. The molecule has 1 aliphatic carbocycles. The first-order valence-corrected chi connectivity index (χ1v) is 10.1. The summed E-state index contributed by atoms with van der Waals surface area (Å²) in [4.78, 5) is 24.6. The van der Waals surface area contributed by atoms with Gasteiger partial charge in [-0.05, 0) is 37.3 Å². The van der Waals surface area contributed by atoms with E-state index in [0.29, 0.717) is 29.5 Å².